The van der Waals surface area contributed by atoms with E-state index in [9.17, 15) is 5.11 Å². The number of thiocarbonyl (C=S) groups is 1. The Morgan fingerprint density at radius 3 is 2.65 bits per heavy atom. The van der Waals surface area contributed by atoms with E-state index >= 15 is 0 Å². The van der Waals surface area contributed by atoms with E-state index in [-0.39, 0.29) is 5.75 Å². The Bertz CT molecular complexity index is 629. The molecule has 20 heavy (non-hydrogen) atoms. The minimum atomic E-state index is 0.0885. The fourth-order valence-corrected chi connectivity index (χ4v) is 1.89. The van der Waals surface area contributed by atoms with Crippen molar-refractivity contribution in [2.45, 2.75) is 0 Å². The summed E-state index contributed by atoms with van der Waals surface area (Å²) in [6.07, 6.45) is 3.62. The van der Waals surface area contributed by atoms with Gasteiger partial charge in [-0.25, -0.2) is 0 Å². The second-order valence-corrected chi connectivity index (χ2v) is 4.85. The second-order valence-electron chi connectivity index (χ2n) is 4.00. The van der Waals surface area contributed by atoms with Crippen molar-refractivity contribution >= 4 is 40.7 Å². The van der Waals surface area contributed by atoms with E-state index in [0.29, 0.717) is 15.8 Å². The molecule has 0 heterocycles. The number of phenols is 1. The summed E-state index contributed by atoms with van der Waals surface area (Å²) >= 11 is 11.0. The highest BCUT2D eigenvalue weighted by Gasteiger charge is 2.03. The first-order chi connectivity index (χ1) is 9.65. The maximum atomic E-state index is 9.66. The normalized spacial score (nSPS) is 10.4. The lowest BCUT2D eigenvalue weighted by atomic mass is 10.2. The van der Waals surface area contributed by atoms with Gasteiger partial charge in [0.05, 0.1) is 5.69 Å². The van der Waals surface area contributed by atoms with Gasteiger partial charge in [0.1, 0.15) is 5.75 Å². The fourth-order valence-electron chi connectivity index (χ4n) is 1.54. The molecule has 5 heteroatoms. The number of hydrogen-bond donors (Lipinski definition) is 3. The minimum Gasteiger partial charge on any atom is -0.506 e. The number of phenolic OH excluding ortho intramolecular Hbond substituents is 1. The molecule has 0 bridgehead atoms. The molecule has 0 unspecified atom stereocenters. The highest BCUT2D eigenvalue weighted by molar-refractivity contribution is 7.80. The van der Waals surface area contributed by atoms with Gasteiger partial charge in [0, 0.05) is 11.2 Å². The van der Waals surface area contributed by atoms with Gasteiger partial charge in [0.15, 0.2) is 5.11 Å². The third-order valence-electron chi connectivity index (χ3n) is 2.50. The summed E-state index contributed by atoms with van der Waals surface area (Å²) in [5, 5.41) is 16.3. The van der Waals surface area contributed by atoms with Gasteiger partial charge >= 0.3 is 0 Å². The molecule has 0 saturated carbocycles. The molecule has 102 valence electrons. The summed E-state index contributed by atoms with van der Waals surface area (Å²) in [5.41, 5.74) is 1.52. The minimum absolute atomic E-state index is 0.0885. The number of anilines is 1. The summed E-state index contributed by atoms with van der Waals surface area (Å²) in [4.78, 5) is 0. The zero-order valence-corrected chi connectivity index (χ0v) is 12.1. The van der Waals surface area contributed by atoms with Crippen LogP contribution >= 0.6 is 23.8 Å². The van der Waals surface area contributed by atoms with Gasteiger partial charge in [0.2, 0.25) is 0 Å². The summed E-state index contributed by atoms with van der Waals surface area (Å²) in [5.74, 6) is 0.0885. The molecule has 0 aliphatic carbocycles. The Hall–Kier alpha value is -2.04. The molecule has 2 aromatic carbocycles. The summed E-state index contributed by atoms with van der Waals surface area (Å²) in [6, 6.07) is 14.6. The van der Waals surface area contributed by atoms with Gasteiger partial charge in [-0.15, -0.1) is 0 Å². The number of halogens is 1. The van der Waals surface area contributed by atoms with Crippen LogP contribution in [0.1, 0.15) is 5.56 Å². The van der Waals surface area contributed by atoms with Crippen molar-refractivity contribution in [3.8, 4) is 5.75 Å². The van der Waals surface area contributed by atoms with E-state index in [2.05, 4.69) is 10.6 Å². The van der Waals surface area contributed by atoms with E-state index in [1.807, 2.05) is 36.4 Å². The average molecular weight is 305 g/mol. The van der Waals surface area contributed by atoms with Crippen LogP contribution in [0.2, 0.25) is 5.02 Å². The zero-order valence-electron chi connectivity index (χ0n) is 10.5. The van der Waals surface area contributed by atoms with Gasteiger partial charge in [0.25, 0.3) is 0 Å². The van der Waals surface area contributed by atoms with Crippen LogP contribution < -0.4 is 10.6 Å². The molecular weight excluding hydrogens is 292 g/mol. The largest absolute Gasteiger partial charge is 0.506 e. The third kappa shape index (κ3) is 4.26. The number of hydrogen-bond acceptors (Lipinski definition) is 2. The SMILES string of the molecule is Oc1ccc(Cl)cc1NC(=S)NC=Cc1ccccc1. The monoisotopic (exact) mass is 304 g/mol. The van der Waals surface area contributed by atoms with Crippen molar-refractivity contribution in [1.29, 1.82) is 0 Å². The van der Waals surface area contributed by atoms with Crippen LogP contribution in [-0.4, -0.2) is 10.2 Å². The van der Waals surface area contributed by atoms with E-state index in [1.54, 1.807) is 18.3 Å². The topological polar surface area (TPSA) is 44.3 Å². The Morgan fingerprint density at radius 2 is 1.90 bits per heavy atom. The summed E-state index contributed by atoms with van der Waals surface area (Å²) in [6.45, 7) is 0. The predicted molar refractivity (Wildman–Crippen MR) is 87.9 cm³/mol. The van der Waals surface area contributed by atoms with E-state index < -0.39 is 0 Å². The Morgan fingerprint density at radius 1 is 1.15 bits per heavy atom. The quantitative estimate of drug-likeness (QED) is 0.592. The first-order valence-electron chi connectivity index (χ1n) is 5.93. The van der Waals surface area contributed by atoms with Crippen LogP contribution in [0.4, 0.5) is 5.69 Å². The van der Waals surface area contributed by atoms with E-state index in [1.165, 1.54) is 6.07 Å². The highest BCUT2D eigenvalue weighted by Crippen LogP contribution is 2.26. The lowest BCUT2D eigenvalue weighted by Crippen LogP contribution is -2.23. The standard InChI is InChI=1S/C15H13ClN2OS/c16-12-6-7-14(19)13(10-12)18-15(20)17-9-8-11-4-2-1-3-5-11/h1-10,19H,(H2,17,18,20). The molecule has 3 nitrogen and oxygen atoms in total. The smallest absolute Gasteiger partial charge is 0.174 e. The summed E-state index contributed by atoms with van der Waals surface area (Å²) in [7, 11) is 0. The van der Waals surface area contributed by atoms with Gasteiger partial charge < -0.3 is 15.7 Å². The third-order valence-corrected chi connectivity index (χ3v) is 2.95. The highest BCUT2D eigenvalue weighted by atomic mass is 35.5. The number of benzene rings is 2. The number of rotatable bonds is 3. The second kappa shape index (κ2) is 6.93. The molecule has 0 saturated heterocycles. The van der Waals surface area contributed by atoms with Crippen molar-refractivity contribution in [3.05, 3.63) is 65.3 Å². The van der Waals surface area contributed by atoms with Crippen molar-refractivity contribution in [1.82, 2.24) is 5.32 Å². The zero-order chi connectivity index (χ0) is 14.4. The first kappa shape index (κ1) is 14.4. The molecule has 0 aliphatic rings. The van der Waals surface area contributed by atoms with Crippen LogP contribution in [0, 0.1) is 0 Å². The van der Waals surface area contributed by atoms with Crippen molar-refractivity contribution in [2.24, 2.45) is 0 Å². The molecule has 0 spiro atoms. The van der Waals surface area contributed by atoms with Crippen LogP contribution in [0.25, 0.3) is 6.08 Å². The molecule has 0 amide bonds. The maximum absolute atomic E-state index is 9.66. The van der Waals surface area contributed by atoms with Crippen LogP contribution in [0.5, 0.6) is 5.75 Å². The fraction of sp³-hybridized carbons (Fsp3) is 0. The lowest BCUT2D eigenvalue weighted by Gasteiger charge is -2.09. The molecule has 2 rings (SSSR count). The molecule has 2 aromatic rings. The Balaban J connectivity index is 1.93. The van der Waals surface area contributed by atoms with Crippen LogP contribution in [-0.2, 0) is 0 Å². The molecule has 0 radical (unpaired) electrons. The van der Waals surface area contributed by atoms with Gasteiger partial charge in [-0.05, 0) is 42.1 Å². The average Bonchev–Trinajstić information content (AvgIpc) is 2.44. The van der Waals surface area contributed by atoms with Crippen LogP contribution in [0.15, 0.2) is 54.7 Å². The summed E-state index contributed by atoms with van der Waals surface area (Å²) < 4.78 is 0. The van der Waals surface area contributed by atoms with E-state index in [0.717, 1.165) is 5.56 Å². The number of aromatic hydroxyl groups is 1. The number of nitrogens with one attached hydrogen (secondary N) is 2. The van der Waals surface area contributed by atoms with Gasteiger partial charge in [-0.3, -0.25) is 0 Å². The van der Waals surface area contributed by atoms with Crippen molar-refractivity contribution in [2.75, 3.05) is 5.32 Å². The maximum Gasteiger partial charge on any atom is 0.174 e. The first-order valence-corrected chi connectivity index (χ1v) is 6.71. The predicted octanol–water partition coefficient (Wildman–Crippen LogP) is 4.00. The van der Waals surface area contributed by atoms with Crippen LogP contribution in [0.3, 0.4) is 0 Å². The lowest BCUT2D eigenvalue weighted by molar-refractivity contribution is 0.478. The molecule has 0 aromatic heterocycles. The molecule has 0 aliphatic heterocycles. The Kier molecular flexibility index (Phi) is 4.98. The Labute approximate surface area is 127 Å². The molecule has 0 atom stereocenters. The van der Waals surface area contributed by atoms with Gasteiger partial charge in [-0.1, -0.05) is 41.9 Å². The molecule has 0 fully saturated rings. The van der Waals surface area contributed by atoms with Gasteiger partial charge in [-0.2, -0.15) is 0 Å². The van der Waals surface area contributed by atoms with E-state index in [4.69, 9.17) is 23.8 Å². The molecule has 3 N–H and O–H groups in total. The van der Waals surface area contributed by atoms with Crippen molar-refractivity contribution in [3.63, 3.8) is 0 Å². The van der Waals surface area contributed by atoms with Crippen molar-refractivity contribution < 1.29 is 5.11 Å². The molecular formula is C15H13ClN2OS.